The molecule has 0 saturated carbocycles. The van der Waals surface area contributed by atoms with E-state index >= 15 is 0 Å². The molecule has 3 aromatic rings. The summed E-state index contributed by atoms with van der Waals surface area (Å²) in [6.07, 6.45) is 2.95. The van der Waals surface area contributed by atoms with Gasteiger partial charge in [-0.05, 0) is 48.9 Å². The Labute approximate surface area is 159 Å². The number of pyridine rings is 1. The van der Waals surface area contributed by atoms with Crippen molar-refractivity contribution >= 4 is 16.8 Å². The minimum atomic E-state index is -0.0158. The molecular weight excluding hydrogens is 336 g/mol. The Hall–Kier alpha value is -2.72. The van der Waals surface area contributed by atoms with Crippen molar-refractivity contribution in [1.29, 1.82) is 0 Å². The SMILES string of the molecule is CCOCc1ccccc1CNC(=O)c1c2c(nc3ccccc13)CCC2. The standard InChI is InChI=1S/C23H24N2O2/c1-2-27-15-17-9-4-3-8-16(17)14-24-23(26)22-18-10-5-6-12-20(18)25-21-13-7-11-19(21)22/h3-6,8-10,12H,2,7,11,13-15H2,1H3,(H,24,26). The molecule has 1 aromatic heterocycles. The molecule has 0 aliphatic heterocycles. The zero-order valence-electron chi connectivity index (χ0n) is 15.6. The smallest absolute Gasteiger partial charge is 0.252 e. The zero-order valence-corrected chi connectivity index (χ0v) is 15.6. The molecular formula is C23H24N2O2. The molecule has 4 rings (SSSR count). The number of ether oxygens (including phenoxy) is 1. The van der Waals surface area contributed by atoms with Gasteiger partial charge in [0, 0.05) is 24.2 Å². The number of nitrogens with one attached hydrogen (secondary N) is 1. The van der Waals surface area contributed by atoms with Crippen LogP contribution in [0.25, 0.3) is 10.9 Å². The average molecular weight is 360 g/mol. The van der Waals surface area contributed by atoms with Gasteiger partial charge in [-0.15, -0.1) is 0 Å². The van der Waals surface area contributed by atoms with Crippen molar-refractivity contribution in [2.45, 2.75) is 39.3 Å². The molecule has 0 saturated heterocycles. The van der Waals surface area contributed by atoms with Crippen LogP contribution in [0.2, 0.25) is 0 Å². The fourth-order valence-electron chi connectivity index (χ4n) is 3.82. The van der Waals surface area contributed by atoms with Crippen LogP contribution in [0.15, 0.2) is 48.5 Å². The summed E-state index contributed by atoms with van der Waals surface area (Å²) in [6.45, 7) is 3.72. The fourth-order valence-corrected chi connectivity index (χ4v) is 3.82. The first kappa shape index (κ1) is 17.7. The number of hydrogen-bond donors (Lipinski definition) is 1. The summed E-state index contributed by atoms with van der Waals surface area (Å²) in [5.74, 6) is -0.0158. The van der Waals surface area contributed by atoms with E-state index in [1.165, 1.54) is 0 Å². The molecule has 0 spiro atoms. The van der Waals surface area contributed by atoms with E-state index < -0.39 is 0 Å². The second kappa shape index (κ2) is 7.89. The fraction of sp³-hybridized carbons (Fsp3) is 0.304. The molecule has 1 heterocycles. The van der Waals surface area contributed by atoms with Gasteiger partial charge in [-0.25, -0.2) is 0 Å². The van der Waals surface area contributed by atoms with Crippen LogP contribution in [0.4, 0.5) is 0 Å². The van der Waals surface area contributed by atoms with Crippen LogP contribution in [0, 0.1) is 0 Å². The monoisotopic (exact) mass is 360 g/mol. The number of aryl methyl sites for hydroxylation is 1. The average Bonchev–Trinajstić information content (AvgIpc) is 3.17. The highest BCUT2D eigenvalue weighted by Gasteiger charge is 2.23. The summed E-state index contributed by atoms with van der Waals surface area (Å²) in [6, 6.07) is 16.0. The van der Waals surface area contributed by atoms with Gasteiger partial charge in [-0.1, -0.05) is 42.5 Å². The lowest BCUT2D eigenvalue weighted by molar-refractivity contribution is 0.0950. The third-order valence-electron chi connectivity index (χ3n) is 5.17. The number of hydrogen-bond acceptors (Lipinski definition) is 3. The predicted octanol–water partition coefficient (Wildman–Crippen LogP) is 4.19. The van der Waals surface area contributed by atoms with Gasteiger partial charge in [-0.3, -0.25) is 9.78 Å². The van der Waals surface area contributed by atoms with Gasteiger partial charge in [-0.2, -0.15) is 0 Å². The van der Waals surface area contributed by atoms with Crippen LogP contribution in [0.1, 0.15) is 46.1 Å². The molecule has 138 valence electrons. The molecule has 1 amide bonds. The summed E-state index contributed by atoms with van der Waals surface area (Å²) in [5, 5.41) is 4.07. The summed E-state index contributed by atoms with van der Waals surface area (Å²) < 4.78 is 5.55. The van der Waals surface area contributed by atoms with Gasteiger partial charge < -0.3 is 10.1 Å². The molecule has 0 atom stereocenters. The largest absolute Gasteiger partial charge is 0.377 e. The quantitative estimate of drug-likeness (QED) is 0.717. The van der Waals surface area contributed by atoms with Gasteiger partial charge in [0.05, 0.1) is 17.7 Å². The Balaban J connectivity index is 1.62. The lowest BCUT2D eigenvalue weighted by Crippen LogP contribution is -2.25. The van der Waals surface area contributed by atoms with Crippen LogP contribution in [-0.2, 0) is 30.7 Å². The lowest BCUT2D eigenvalue weighted by Gasteiger charge is -2.14. The number of aromatic nitrogens is 1. The number of nitrogens with zero attached hydrogens (tertiary/aromatic N) is 1. The van der Waals surface area contributed by atoms with Crippen molar-refractivity contribution in [2.75, 3.05) is 6.61 Å². The van der Waals surface area contributed by atoms with Crippen LogP contribution in [-0.4, -0.2) is 17.5 Å². The van der Waals surface area contributed by atoms with E-state index in [4.69, 9.17) is 9.72 Å². The topological polar surface area (TPSA) is 51.2 Å². The van der Waals surface area contributed by atoms with E-state index in [0.717, 1.165) is 58.1 Å². The minimum absolute atomic E-state index is 0.0158. The van der Waals surface area contributed by atoms with Crippen LogP contribution < -0.4 is 5.32 Å². The first-order valence-electron chi connectivity index (χ1n) is 9.61. The number of carbonyl (C=O) groups is 1. The second-order valence-electron chi connectivity index (χ2n) is 6.87. The normalized spacial score (nSPS) is 12.9. The van der Waals surface area contributed by atoms with Crippen LogP contribution in [0.5, 0.6) is 0 Å². The minimum Gasteiger partial charge on any atom is -0.377 e. The van der Waals surface area contributed by atoms with Crippen LogP contribution in [0.3, 0.4) is 0 Å². The third-order valence-corrected chi connectivity index (χ3v) is 5.17. The van der Waals surface area contributed by atoms with E-state index in [-0.39, 0.29) is 5.91 Å². The molecule has 1 N–H and O–H groups in total. The molecule has 0 bridgehead atoms. The highest BCUT2D eigenvalue weighted by atomic mass is 16.5. The van der Waals surface area contributed by atoms with Crippen molar-refractivity contribution in [3.05, 3.63) is 76.5 Å². The Kier molecular flexibility index (Phi) is 5.16. The zero-order chi connectivity index (χ0) is 18.6. The summed E-state index contributed by atoms with van der Waals surface area (Å²) in [4.78, 5) is 17.9. The second-order valence-corrected chi connectivity index (χ2v) is 6.87. The molecule has 4 heteroatoms. The number of amides is 1. The van der Waals surface area contributed by atoms with Crippen molar-refractivity contribution in [3.63, 3.8) is 0 Å². The van der Waals surface area contributed by atoms with Gasteiger partial charge in [0.15, 0.2) is 0 Å². The number of para-hydroxylation sites is 1. The first-order chi connectivity index (χ1) is 13.3. The number of fused-ring (bicyclic) bond motifs is 2. The van der Waals surface area contributed by atoms with E-state index in [1.54, 1.807) is 0 Å². The van der Waals surface area contributed by atoms with E-state index in [1.807, 2.05) is 49.4 Å². The Bertz CT molecular complexity index is 981. The molecule has 0 unspecified atom stereocenters. The van der Waals surface area contributed by atoms with Crippen molar-refractivity contribution in [2.24, 2.45) is 0 Å². The molecule has 1 aliphatic rings. The summed E-state index contributed by atoms with van der Waals surface area (Å²) in [7, 11) is 0. The number of benzene rings is 2. The highest BCUT2D eigenvalue weighted by Crippen LogP contribution is 2.30. The lowest BCUT2D eigenvalue weighted by atomic mass is 10.00. The highest BCUT2D eigenvalue weighted by molar-refractivity contribution is 6.07. The number of carbonyl (C=O) groups excluding carboxylic acids is 1. The first-order valence-corrected chi connectivity index (χ1v) is 9.61. The van der Waals surface area contributed by atoms with Gasteiger partial charge >= 0.3 is 0 Å². The Morgan fingerprint density at radius 3 is 2.70 bits per heavy atom. The van der Waals surface area contributed by atoms with Gasteiger partial charge in [0.1, 0.15) is 0 Å². The summed E-state index contributed by atoms with van der Waals surface area (Å²) >= 11 is 0. The molecule has 0 fully saturated rings. The van der Waals surface area contributed by atoms with Crippen LogP contribution >= 0.6 is 0 Å². The molecule has 27 heavy (non-hydrogen) atoms. The van der Waals surface area contributed by atoms with Gasteiger partial charge in [0.25, 0.3) is 5.91 Å². The summed E-state index contributed by atoms with van der Waals surface area (Å²) in [5.41, 5.74) is 6.11. The Morgan fingerprint density at radius 1 is 1.07 bits per heavy atom. The van der Waals surface area contributed by atoms with Crippen molar-refractivity contribution in [3.8, 4) is 0 Å². The third kappa shape index (κ3) is 3.58. The van der Waals surface area contributed by atoms with E-state index in [0.29, 0.717) is 19.8 Å². The van der Waals surface area contributed by atoms with Crippen molar-refractivity contribution < 1.29 is 9.53 Å². The molecule has 0 radical (unpaired) electrons. The van der Waals surface area contributed by atoms with Crippen molar-refractivity contribution in [1.82, 2.24) is 10.3 Å². The Morgan fingerprint density at radius 2 is 1.85 bits per heavy atom. The molecule has 4 nitrogen and oxygen atoms in total. The van der Waals surface area contributed by atoms with Gasteiger partial charge in [0.2, 0.25) is 0 Å². The predicted molar refractivity (Wildman–Crippen MR) is 107 cm³/mol. The maximum absolute atomic E-state index is 13.1. The molecule has 2 aromatic carbocycles. The maximum Gasteiger partial charge on any atom is 0.252 e. The maximum atomic E-state index is 13.1. The molecule has 1 aliphatic carbocycles. The van der Waals surface area contributed by atoms with E-state index in [2.05, 4.69) is 11.4 Å². The number of rotatable bonds is 6. The van der Waals surface area contributed by atoms with E-state index in [9.17, 15) is 4.79 Å².